The number of aromatic carboxylic acids is 1. The molecule has 1 aromatic heterocycles. The molecule has 30 heavy (non-hydrogen) atoms. The third-order valence-electron chi connectivity index (χ3n) is 5.24. The number of nitrogens with zero attached hydrogens (tertiary/aromatic N) is 3. The molecular weight excluding hydrogens is 384 g/mol. The molecule has 0 saturated carbocycles. The van der Waals surface area contributed by atoms with Crippen LogP contribution in [0.3, 0.4) is 0 Å². The van der Waals surface area contributed by atoms with Crippen LogP contribution in [0.2, 0.25) is 0 Å². The van der Waals surface area contributed by atoms with Gasteiger partial charge in [0.1, 0.15) is 11.9 Å². The number of aromatic nitrogens is 2. The number of nitrogen functional groups attached to an aromatic ring is 1. The number of para-hydroxylation sites is 1. The van der Waals surface area contributed by atoms with E-state index in [-0.39, 0.29) is 17.4 Å². The van der Waals surface area contributed by atoms with Crippen LogP contribution < -0.4 is 10.6 Å². The number of carboxylic acid groups (broad SMARTS) is 1. The number of hydrogen-bond acceptors (Lipinski definition) is 7. The van der Waals surface area contributed by atoms with Crippen molar-refractivity contribution in [1.82, 2.24) is 10.2 Å². The van der Waals surface area contributed by atoms with Crippen LogP contribution in [0.1, 0.15) is 27.6 Å². The number of morpholine rings is 1. The van der Waals surface area contributed by atoms with Crippen molar-refractivity contribution in [3.63, 3.8) is 0 Å². The zero-order valence-corrected chi connectivity index (χ0v) is 16.4. The lowest BCUT2D eigenvalue weighted by molar-refractivity contribution is 0.0397. The van der Waals surface area contributed by atoms with E-state index in [1.165, 1.54) is 0 Å². The summed E-state index contributed by atoms with van der Waals surface area (Å²) in [5.41, 5.74) is 9.81. The molecule has 2 heterocycles. The van der Waals surface area contributed by atoms with Gasteiger partial charge in [-0.05, 0) is 42.3 Å². The topological polar surface area (TPSA) is 122 Å². The Morgan fingerprint density at radius 1 is 1.20 bits per heavy atom. The normalized spacial score (nSPS) is 16.4. The fourth-order valence-corrected chi connectivity index (χ4v) is 3.66. The smallest absolute Gasteiger partial charge is 0.335 e. The van der Waals surface area contributed by atoms with Crippen LogP contribution in [-0.2, 0) is 4.74 Å². The number of aryl methyl sites for hydroxylation is 1. The third-order valence-corrected chi connectivity index (χ3v) is 5.24. The zero-order chi connectivity index (χ0) is 21.3. The molecule has 1 saturated heterocycles. The van der Waals surface area contributed by atoms with E-state index in [2.05, 4.69) is 15.1 Å². The van der Waals surface area contributed by atoms with E-state index < -0.39 is 5.97 Å². The number of ether oxygens (including phenoxy) is 1. The van der Waals surface area contributed by atoms with Gasteiger partial charge in [0.2, 0.25) is 0 Å². The van der Waals surface area contributed by atoms with E-state index in [9.17, 15) is 15.0 Å². The predicted octanol–water partition coefficient (Wildman–Crippen LogP) is 3.02. The highest BCUT2D eigenvalue weighted by Crippen LogP contribution is 2.34. The van der Waals surface area contributed by atoms with E-state index in [1.807, 2.05) is 18.2 Å². The van der Waals surface area contributed by atoms with Gasteiger partial charge >= 0.3 is 5.97 Å². The van der Waals surface area contributed by atoms with Crippen LogP contribution in [0.5, 0.6) is 5.75 Å². The van der Waals surface area contributed by atoms with Gasteiger partial charge in [-0.25, -0.2) is 4.79 Å². The number of benzene rings is 2. The van der Waals surface area contributed by atoms with Crippen LogP contribution >= 0.6 is 0 Å². The SMILES string of the molecule is Cc1cc([C@H]2CN(c3cc(-c4ccccc4O)nnc3N)CCO2)ccc1C(=O)O. The summed E-state index contributed by atoms with van der Waals surface area (Å²) in [7, 11) is 0. The van der Waals surface area contributed by atoms with E-state index in [4.69, 9.17) is 10.5 Å². The standard InChI is InChI=1S/C22H22N4O4/c1-13-10-14(6-7-15(13)22(28)29)20-12-26(8-9-30-20)18-11-17(24-25-21(18)23)16-4-2-3-5-19(16)27/h2-7,10-11,20,27H,8-9,12H2,1H3,(H2,23,25)(H,28,29)/t20-/m1/s1. The first-order chi connectivity index (χ1) is 14.4. The first-order valence-corrected chi connectivity index (χ1v) is 9.56. The minimum atomic E-state index is -0.947. The fourth-order valence-electron chi connectivity index (χ4n) is 3.66. The maximum atomic E-state index is 11.3. The number of hydrogen-bond donors (Lipinski definition) is 3. The Balaban J connectivity index is 1.62. The lowest BCUT2D eigenvalue weighted by Crippen LogP contribution is -2.39. The van der Waals surface area contributed by atoms with Crippen molar-refractivity contribution < 1.29 is 19.7 Å². The zero-order valence-electron chi connectivity index (χ0n) is 16.4. The molecule has 154 valence electrons. The molecule has 1 fully saturated rings. The molecular formula is C22H22N4O4. The number of carbonyl (C=O) groups is 1. The second-order valence-electron chi connectivity index (χ2n) is 7.20. The predicted molar refractivity (Wildman–Crippen MR) is 113 cm³/mol. The van der Waals surface area contributed by atoms with Gasteiger partial charge in [0.05, 0.1) is 23.6 Å². The lowest BCUT2D eigenvalue weighted by Gasteiger charge is -2.35. The van der Waals surface area contributed by atoms with E-state index in [0.717, 1.165) is 11.3 Å². The molecule has 8 nitrogen and oxygen atoms in total. The van der Waals surface area contributed by atoms with Crippen molar-refractivity contribution in [1.29, 1.82) is 0 Å². The second kappa shape index (κ2) is 8.00. The summed E-state index contributed by atoms with van der Waals surface area (Å²) in [6, 6.07) is 14.0. The highest BCUT2D eigenvalue weighted by Gasteiger charge is 2.25. The molecule has 4 N–H and O–H groups in total. The van der Waals surface area contributed by atoms with Crippen LogP contribution in [-0.4, -0.2) is 46.1 Å². The number of phenols is 1. The maximum Gasteiger partial charge on any atom is 0.335 e. The summed E-state index contributed by atoms with van der Waals surface area (Å²) < 4.78 is 5.94. The van der Waals surface area contributed by atoms with E-state index >= 15 is 0 Å². The number of rotatable bonds is 4. The highest BCUT2D eigenvalue weighted by atomic mass is 16.5. The largest absolute Gasteiger partial charge is 0.507 e. The first-order valence-electron chi connectivity index (χ1n) is 9.56. The molecule has 0 spiro atoms. The Morgan fingerprint density at radius 3 is 2.73 bits per heavy atom. The van der Waals surface area contributed by atoms with Crippen LogP contribution in [0.25, 0.3) is 11.3 Å². The number of aromatic hydroxyl groups is 1. The summed E-state index contributed by atoms with van der Waals surface area (Å²) >= 11 is 0. The molecule has 3 aromatic rings. The van der Waals surface area contributed by atoms with Crippen molar-refractivity contribution in [3.05, 3.63) is 65.2 Å². The van der Waals surface area contributed by atoms with Crippen molar-refractivity contribution >= 4 is 17.5 Å². The second-order valence-corrected chi connectivity index (χ2v) is 7.20. The molecule has 1 aliphatic rings. The molecule has 8 heteroatoms. The molecule has 0 unspecified atom stereocenters. The fraction of sp³-hybridized carbons (Fsp3) is 0.227. The third kappa shape index (κ3) is 3.77. The average Bonchev–Trinajstić information content (AvgIpc) is 2.74. The first kappa shape index (κ1) is 19.7. The number of phenolic OH excluding ortho intramolecular Hbond substituents is 1. The molecule has 1 atom stereocenters. The Bertz CT molecular complexity index is 1100. The molecule has 2 aromatic carbocycles. The summed E-state index contributed by atoms with van der Waals surface area (Å²) in [5, 5.41) is 27.6. The van der Waals surface area contributed by atoms with Crippen LogP contribution in [0.15, 0.2) is 48.5 Å². The van der Waals surface area contributed by atoms with E-state index in [0.29, 0.717) is 42.3 Å². The van der Waals surface area contributed by atoms with Crippen LogP contribution in [0, 0.1) is 6.92 Å². The lowest BCUT2D eigenvalue weighted by atomic mass is 10.0. The monoisotopic (exact) mass is 406 g/mol. The molecule has 0 bridgehead atoms. The van der Waals surface area contributed by atoms with Crippen molar-refractivity contribution in [2.45, 2.75) is 13.0 Å². The van der Waals surface area contributed by atoms with Gasteiger partial charge in [0, 0.05) is 18.7 Å². The van der Waals surface area contributed by atoms with Gasteiger partial charge in [-0.2, -0.15) is 0 Å². The van der Waals surface area contributed by atoms with Gasteiger partial charge in [-0.15, -0.1) is 10.2 Å². The Kier molecular flexibility index (Phi) is 5.24. The van der Waals surface area contributed by atoms with Crippen LogP contribution in [0.4, 0.5) is 11.5 Å². The number of nitrogens with two attached hydrogens (primary N) is 1. The summed E-state index contributed by atoms with van der Waals surface area (Å²) in [6.45, 7) is 3.41. The van der Waals surface area contributed by atoms with E-state index in [1.54, 1.807) is 37.3 Å². The molecule has 4 rings (SSSR count). The van der Waals surface area contributed by atoms with Gasteiger partial charge in [0.25, 0.3) is 0 Å². The van der Waals surface area contributed by atoms with Gasteiger partial charge in [-0.3, -0.25) is 0 Å². The summed E-state index contributed by atoms with van der Waals surface area (Å²) in [4.78, 5) is 13.3. The van der Waals surface area contributed by atoms with Gasteiger partial charge in [0.15, 0.2) is 5.82 Å². The summed E-state index contributed by atoms with van der Waals surface area (Å²) in [5.74, 6) is -0.527. The van der Waals surface area contributed by atoms with Gasteiger partial charge in [-0.1, -0.05) is 24.3 Å². The minimum absolute atomic E-state index is 0.122. The molecule has 0 aliphatic carbocycles. The van der Waals surface area contributed by atoms with Crippen molar-refractivity contribution in [2.24, 2.45) is 0 Å². The number of anilines is 2. The minimum Gasteiger partial charge on any atom is -0.507 e. The quantitative estimate of drug-likeness (QED) is 0.604. The van der Waals surface area contributed by atoms with Crippen molar-refractivity contribution in [3.8, 4) is 17.0 Å². The Hall–Kier alpha value is -3.65. The van der Waals surface area contributed by atoms with Gasteiger partial charge < -0.3 is 25.6 Å². The highest BCUT2D eigenvalue weighted by molar-refractivity contribution is 5.89. The Morgan fingerprint density at radius 2 is 2.00 bits per heavy atom. The molecule has 0 amide bonds. The maximum absolute atomic E-state index is 11.3. The van der Waals surface area contributed by atoms with Crippen molar-refractivity contribution in [2.75, 3.05) is 30.3 Å². The number of carboxylic acids is 1. The average molecular weight is 406 g/mol. The molecule has 0 radical (unpaired) electrons. The summed E-state index contributed by atoms with van der Waals surface area (Å²) in [6.07, 6.45) is -0.235. The Labute approximate surface area is 173 Å². The molecule has 1 aliphatic heterocycles.